The van der Waals surface area contributed by atoms with Crippen LogP contribution in [0.4, 0.5) is 0 Å². The van der Waals surface area contributed by atoms with Crippen LogP contribution in [0.1, 0.15) is 30.3 Å². The van der Waals surface area contributed by atoms with E-state index in [0.717, 1.165) is 36.5 Å². The summed E-state index contributed by atoms with van der Waals surface area (Å²) in [7, 11) is 1.76. The highest BCUT2D eigenvalue weighted by atomic mass is 32.1. The molecule has 0 bridgehead atoms. The zero-order valence-electron chi connectivity index (χ0n) is 17.4. The molecular formula is C22H28N4O3S. The van der Waals surface area contributed by atoms with E-state index in [1.54, 1.807) is 24.3 Å². The van der Waals surface area contributed by atoms with Crippen molar-refractivity contribution in [2.24, 2.45) is 0 Å². The Morgan fingerprint density at radius 1 is 1.13 bits per heavy atom. The van der Waals surface area contributed by atoms with Crippen LogP contribution < -0.4 is 0 Å². The molecule has 1 saturated heterocycles. The minimum absolute atomic E-state index is 0.0228. The molecule has 4 rings (SSSR count). The van der Waals surface area contributed by atoms with Gasteiger partial charge in [0.15, 0.2) is 0 Å². The first-order chi connectivity index (χ1) is 14.5. The van der Waals surface area contributed by atoms with Gasteiger partial charge in [0.1, 0.15) is 10.7 Å². The van der Waals surface area contributed by atoms with Crippen molar-refractivity contribution in [1.82, 2.24) is 19.7 Å². The summed E-state index contributed by atoms with van der Waals surface area (Å²) in [6.07, 6.45) is 1.00. The lowest BCUT2D eigenvalue weighted by Gasteiger charge is -2.39. The van der Waals surface area contributed by atoms with Gasteiger partial charge in [0, 0.05) is 57.1 Å². The second-order valence-corrected chi connectivity index (χ2v) is 8.92. The van der Waals surface area contributed by atoms with Gasteiger partial charge in [-0.05, 0) is 12.8 Å². The lowest BCUT2D eigenvalue weighted by molar-refractivity contribution is -0.131. The van der Waals surface area contributed by atoms with E-state index in [2.05, 4.69) is 9.88 Å². The van der Waals surface area contributed by atoms with Crippen LogP contribution in [-0.4, -0.2) is 88.0 Å². The second kappa shape index (κ2) is 8.83. The van der Waals surface area contributed by atoms with Gasteiger partial charge in [-0.1, -0.05) is 30.3 Å². The number of rotatable bonds is 4. The number of nitrogens with zero attached hydrogens (tertiary/aromatic N) is 4. The van der Waals surface area contributed by atoms with E-state index in [9.17, 15) is 14.7 Å². The maximum Gasteiger partial charge on any atom is 0.273 e. The maximum absolute atomic E-state index is 13.0. The molecule has 2 aliphatic rings. The number of benzene rings is 1. The van der Waals surface area contributed by atoms with Gasteiger partial charge in [0.2, 0.25) is 5.91 Å². The van der Waals surface area contributed by atoms with Crippen molar-refractivity contribution in [3.05, 3.63) is 41.4 Å². The summed E-state index contributed by atoms with van der Waals surface area (Å²) >= 11 is 1.46. The maximum atomic E-state index is 13.0. The standard InChI is InChI=1S/C22H28N4O3S/c1-15(27)25-10-12-26(13-11-25)19-9-8-18(20(19)28)24(2)22(29)17-14-30-21(23-17)16-6-4-3-5-7-16/h3-7,14,18-20,28H,8-13H2,1-2H3/t18-,19-,20-/m1/s1. The first kappa shape index (κ1) is 21.0. The number of carbonyl (C=O) groups excluding carboxylic acids is 2. The third-order valence-corrected chi connectivity index (χ3v) is 7.23. The minimum Gasteiger partial charge on any atom is -0.389 e. The topological polar surface area (TPSA) is 77.0 Å². The summed E-state index contributed by atoms with van der Waals surface area (Å²) in [5.74, 6) is -0.0532. The number of hydrogen-bond acceptors (Lipinski definition) is 6. The number of likely N-dealkylation sites (N-methyl/N-ethyl adjacent to an activating group) is 1. The summed E-state index contributed by atoms with van der Waals surface area (Å²) in [5.41, 5.74) is 1.42. The van der Waals surface area contributed by atoms with Gasteiger partial charge in [0.25, 0.3) is 5.91 Å². The average Bonchev–Trinajstić information content (AvgIpc) is 3.41. The van der Waals surface area contributed by atoms with E-state index in [0.29, 0.717) is 18.8 Å². The third-order valence-electron chi connectivity index (χ3n) is 6.34. The lowest BCUT2D eigenvalue weighted by atomic mass is 10.1. The first-order valence-corrected chi connectivity index (χ1v) is 11.3. The summed E-state index contributed by atoms with van der Waals surface area (Å²) in [6.45, 7) is 4.51. The molecule has 8 heteroatoms. The number of aromatic nitrogens is 1. The minimum atomic E-state index is -0.602. The number of amides is 2. The van der Waals surface area contributed by atoms with E-state index in [4.69, 9.17) is 0 Å². The zero-order valence-corrected chi connectivity index (χ0v) is 18.2. The normalized spacial score (nSPS) is 24.8. The smallest absolute Gasteiger partial charge is 0.273 e. The number of hydrogen-bond donors (Lipinski definition) is 1. The highest BCUT2D eigenvalue weighted by Gasteiger charge is 2.42. The van der Waals surface area contributed by atoms with Crippen LogP contribution in [0.3, 0.4) is 0 Å². The molecule has 0 radical (unpaired) electrons. The Balaban J connectivity index is 1.39. The molecule has 0 spiro atoms. The molecule has 1 aliphatic carbocycles. The van der Waals surface area contributed by atoms with Gasteiger partial charge in [-0.2, -0.15) is 0 Å². The van der Waals surface area contributed by atoms with Gasteiger partial charge < -0.3 is 14.9 Å². The molecule has 1 aromatic carbocycles. The van der Waals surface area contributed by atoms with Crippen molar-refractivity contribution in [2.75, 3.05) is 33.2 Å². The number of aliphatic hydroxyl groups is 1. The van der Waals surface area contributed by atoms with Crippen LogP contribution in [0.5, 0.6) is 0 Å². The molecule has 7 nitrogen and oxygen atoms in total. The molecule has 2 amide bonds. The summed E-state index contributed by atoms with van der Waals surface area (Å²) < 4.78 is 0. The number of thiazole rings is 1. The molecule has 2 aromatic rings. The molecule has 2 heterocycles. The Hall–Kier alpha value is -2.29. The number of aliphatic hydroxyl groups excluding tert-OH is 1. The van der Waals surface area contributed by atoms with E-state index in [1.165, 1.54) is 11.3 Å². The van der Waals surface area contributed by atoms with Gasteiger partial charge >= 0.3 is 0 Å². The molecule has 1 N–H and O–H groups in total. The van der Waals surface area contributed by atoms with Gasteiger partial charge in [-0.25, -0.2) is 4.98 Å². The zero-order chi connectivity index (χ0) is 21.3. The van der Waals surface area contributed by atoms with Crippen molar-refractivity contribution < 1.29 is 14.7 Å². The third kappa shape index (κ3) is 4.12. The van der Waals surface area contributed by atoms with Crippen LogP contribution in [0, 0.1) is 0 Å². The summed E-state index contributed by atoms with van der Waals surface area (Å²) in [6, 6.07) is 9.62. The molecular weight excluding hydrogens is 400 g/mol. The Kier molecular flexibility index (Phi) is 6.17. The van der Waals surface area contributed by atoms with Gasteiger partial charge in [0.05, 0.1) is 12.1 Å². The van der Waals surface area contributed by atoms with Crippen molar-refractivity contribution >= 4 is 23.2 Å². The molecule has 0 unspecified atom stereocenters. The predicted octanol–water partition coefficient (Wildman–Crippen LogP) is 1.94. The SMILES string of the molecule is CC(=O)N1CCN([C@@H]2CC[C@@H](N(C)C(=O)c3csc(-c4ccccc4)n3)[C@H]2O)CC1. The fourth-order valence-electron chi connectivity index (χ4n) is 4.55. The van der Waals surface area contributed by atoms with Crippen LogP contribution in [0.2, 0.25) is 0 Å². The monoisotopic (exact) mass is 428 g/mol. The lowest BCUT2D eigenvalue weighted by Crippen LogP contribution is -2.55. The summed E-state index contributed by atoms with van der Waals surface area (Å²) in [4.78, 5) is 34.9. The van der Waals surface area contributed by atoms with Crippen LogP contribution >= 0.6 is 11.3 Å². The predicted molar refractivity (Wildman–Crippen MR) is 116 cm³/mol. The van der Waals surface area contributed by atoms with Crippen LogP contribution in [0.15, 0.2) is 35.7 Å². The molecule has 3 atom stereocenters. The molecule has 2 fully saturated rings. The van der Waals surface area contributed by atoms with Gasteiger partial charge in [-0.15, -0.1) is 11.3 Å². The summed E-state index contributed by atoms with van der Waals surface area (Å²) in [5, 5.41) is 13.6. The van der Waals surface area contributed by atoms with Crippen molar-refractivity contribution in [3.8, 4) is 10.6 Å². The Morgan fingerprint density at radius 2 is 1.83 bits per heavy atom. The van der Waals surface area contributed by atoms with Crippen molar-refractivity contribution in [1.29, 1.82) is 0 Å². The quantitative estimate of drug-likeness (QED) is 0.805. The second-order valence-electron chi connectivity index (χ2n) is 8.06. The number of piperazine rings is 1. The van der Waals surface area contributed by atoms with Crippen LogP contribution in [-0.2, 0) is 4.79 Å². The molecule has 1 aromatic heterocycles. The van der Waals surface area contributed by atoms with E-state index in [1.807, 2.05) is 35.2 Å². The van der Waals surface area contributed by atoms with Crippen molar-refractivity contribution in [3.63, 3.8) is 0 Å². The largest absolute Gasteiger partial charge is 0.389 e. The highest BCUT2D eigenvalue weighted by Crippen LogP contribution is 2.30. The van der Waals surface area contributed by atoms with Crippen molar-refractivity contribution in [2.45, 2.75) is 38.0 Å². The van der Waals surface area contributed by atoms with E-state index < -0.39 is 6.10 Å². The molecule has 1 saturated carbocycles. The van der Waals surface area contributed by atoms with Crippen LogP contribution in [0.25, 0.3) is 10.6 Å². The first-order valence-electron chi connectivity index (χ1n) is 10.4. The van der Waals surface area contributed by atoms with Gasteiger partial charge in [-0.3, -0.25) is 14.5 Å². The molecule has 160 valence electrons. The Labute approximate surface area is 180 Å². The fourth-order valence-corrected chi connectivity index (χ4v) is 5.35. The van der Waals surface area contributed by atoms with E-state index in [-0.39, 0.29) is 23.9 Å². The average molecular weight is 429 g/mol. The molecule has 1 aliphatic heterocycles. The Morgan fingerprint density at radius 3 is 2.50 bits per heavy atom. The Bertz CT molecular complexity index is 895. The molecule has 30 heavy (non-hydrogen) atoms. The van der Waals surface area contributed by atoms with E-state index >= 15 is 0 Å². The fraction of sp³-hybridized carbons (Fsp3) is 0.500. The highest BCUT2D eigenvalue weighted by molar-refractivity contribution is 7.13. The number of carbonyl (C=O) groups is 2.